The number of benzene rings is 1. The zero-order chi connectivity index (χ0) is 18.9. The molecule has 2 rings (SSSR count). The van der Waals surface area contributed by atoms with Gasteiger partial charge in [0.05, 0.1) is 13.1 Å². The minimum atomic E-state index is -0.699. The van der Waals surface area contributed by atoms with Crippen molar-refractivity contribution >= 4 is 29.9 Å². The molecule has 1 unspecified atom stereocenters. The molecule has 1 aliphatic heterocycles. The number of rotatable bonds is 7. The van der Waals surface area contributed by atoms with E-state index in [0.29, 0.717) is 25.1 Å². The molecule has 6 nitrogen and oxygen atoms in total. The smallest absolute Gasteiger partial charge is 0.191 e. The Morgan fingerprint density at radius 2 is 2.04 bits per heavy atom. The number of hydrogen-bond acceptors (Lipinski definition) is 4. The predicted octanol–water partition coefficient (Wildman–Crippen LogP) is 1.76. The Bertz CT molecular complexity index is 605. The number of halogens is 3. The molecule has 0 aliphatic carbocycles. The standard InChI is InChI=1S/C18H29F2N5O.HI/c1-4-21-18(23-12-15-13-24(2)8-9-25(15)3)22-7-10-26-17-6-5-14(19)11-16(17)20;/h5-6,11,15H,4,7-10,12-13H2,1-3H3,(H2,21,22,23);1H. The van der Waals surface area contributed by atoms with Gasteiger partial charge in [0.1, 0.15) is 12.4 Å². The van der Waals surface area contributed by atoms with Crippen molar-refractivity contribution in [2.24, 2.45) is 4.99 Å². The maximum atomic E-state index is 13.5. The van der Waals surface area contributed by atoms with Crippen LogP contribution in [0.1, 0.15) is 6.92 Å². The molecule has 0 radical (unpaired) electrons. The number of likely N-dealkylation sites (N-methyl/N-ethyl adjacent to an activating group) is 2. The highest BCUT2D eigenvalue weighted by molar-refractivity contribution is 14.0. The van der Waals surface area contributed by atoms with Crippen LogP contribution in [-0.4, -0.2) is 81.8 Å². The quantitative estimate of drug-likeness (QED) is 0.261. The Kier molecular flexibility index (Phi) is 10.9. The summed E-state index contributed by atoms with van der Waals surface area (Å²) in [6.07, 6.45) is 0. The van der Waals surface area contributed by atoms with Gasteiger partial charge < -0.3 is 20.3 Å². The van der Waals surface area contributed by atoms with Crippen molar-refractivity contribution in [2.75, 3.05) is 60.0 Å². The van der Waals surface area contributed by atoms with Crippen molar-refractivity contribution < 1.29 is 13.5 Å². The van der Waals surface area contributed by atoms with Gasteiger partial charge in [-0.25, -0.2) is 8.78 Å². The molecule has 2 N–H and O–H groups in total. The van der Waals surface area contributed by atoms with Gasteiger partial charge in [-0.1, -0.05) is 0 Å². The summed E-state index contributed by atoms with van der Waals surface area (Å²) in [5.74, 6) is -0.567. The van der Waals surface area contributed by atoms with E-state index in [4.69, 9.17) is 4.74 Å². The number of hydrogen-bond donors (Lipinski definition) is 2. The van der Waals surface area contributed by atoms with E-state index >= 15 is 0 Å². The third-order valence-corrected chi connectivity index (χ3v) is 4.33. The Balaban J connectivity index is 0.00000364. The zero-order valence-corrected chi connectivity index (χ0v) is 18.5. The van der Waals surface area contributed by atoms with Crippen molar-refractivity contribution in [3.8, 4) is 5.75 Å². The van der Waals surface area contributed by atoms with Crippen molar-refractivity contribution in [3.05, 3.63) is 29.8 Å². The normalized spacial score (nSPS) is 18.7. The number of nitrogens with one attached hydrogen (secondary N) is 2. The number of guanidine groups is 1. The molecule has 154 valence electrons. The lowest BCUT2D eigenvalue weighted by atomic mass is 10.2. The summed E-state index contributed by atoms with van der Waals surface area (Å²) in [5, 5.41) is 6.37. The van der Waals surface area contributed by atoms with Gasteiger partial charge in [0.25, 0.3) is 0 Å². The molecule has 1 atom stereocenters. The Hall–Kier alpha value is -1.20. The lowest BCUT2D eigenvalue weighted by molar-refractivity contribution is 0.119. The summed E-state index contributed by atoms with van der Waals surface area (Å²) < 4.78 is 31.7. The Labute approximate surface area is 177 Å². The molecule has 1 aromatic carbocycles. The second kappa shape index (κ2) is 12.3. The molecule has 0 spiro atoms. The lowest BCUT2D eigenvalue weighted by Gasteiger charge is -2.36. The van der Waals surface area contributed by atoms with Crippen LogP contribution in [0.4, 0.5) is 8.78 Å². The van der Waals surface area contributed by atoms with Gasteiger partial charge in [-0.3, -0.25) is 9.89 Å². The first-order chi connectivity index (χ1) is 12.5. The van der Waals surface area contributed by atoms with Crippen LogP contribution in [0.5, 0.6) is 5.75 Å². The van der Waals surface area contributed by atoms with Gasteiger partial charge in [-0.15, -0.1) is 24.0 Å². The molecular formula is C18H30F2IN5O. The highest BCUT2D eigenvalue weighted by atomic mass is 127. The fourth-order valence-corrected chi connectivity index (χ4v) is 2.76. The first-order valence-corrected chi connectivity index (χ1v) is 8.98. The van der Waals surface area contributed by atoms with Crippen LogP contribution >= 0.6 is 24.0 Å². The summed E-state index contributed by atoms with van der Waals surface area (Å²) in [6.45, 7) is 7.27. The SMILES string of the molecule is CCNC(=NCC1CN(C)CCN1C)NCCOc1ccc(F)cc1F.I. The van der Waals surface area contributed by atoms with Crippen LogP contribution in [-0.2, 0) is 0 Å². The third-order valence-electron chi connectivity index (χ3n) is 4.33. The lowest BCUT2D eigenvalue weighted by Crippen LogP contribution is -2.51. The second-order valence-electron chi connectivity index (χ2n) is 6.47. The van der Waals surface area contributed by atoms with Crippen molar-refractivity contribution in [1.29, 1.82) is 0 Å². The van der Waals surface area contributed by atoms with Gasteiger partial charge in [0.2, 0.25) is 0 Å². The summed E-state index contributed by atoms with van der Waals surface area (Å²) >= 11 is 0. The molecule has 9 heteroatoms. The molecule has 1 aromatic rings. The van der Waals surface area contributed by atoms with Crippen molar-refractivity contribution in [1.82, 2.24) is 20.4 Å². The van der Waals surface area contributed by atoms with E-state index in [2.05, 4.69) is 39.5 Å². The van der Waals surface area contributed by atoms with E-state index in [1.807, 2.05) is 6.92 Å². The molecule has 0 saturated carbocycles. The molecule has 0 amide bonds. The minimum absolute atomic E-state index is 0. The fraction of sp³-hybridized carbons (Fsp3) is 0.611. The number of ether oxygens (including phenoxy) is 1. The van der Waals surface area contributed by atoms with Gasteiger partial charge in [-0.05, 0) is 33.2 Å². The summed E-state index contributed by atoms with van der Waals surface area (Å²) in [5.41, 5.74) is 0. The van der Waals surface area contributed by atoms with E-state index in [-0.39, 0.29) is 36.3 Å². The first-order valence-electron chi connectivity index (χ1n) is 8.98. The van der Waals surface area contributed by atoms with E-state index in [1.165, 1.54) is 12.1 Å². The molecule has 0 bridgehead atoms. The van der Waals surface area contributed by atoms with Crippen LogP contribution in [0.2, 0.25) is 0 Å². The van der Waals surface area contributed by atoms with E-state index in [9.17, 15) is 8.78 Å². The van der Waals surface area contributed by atoms with Crippen LogP contribution in [0.25, 0.3) is 0 Å². The largest absolute Gasteiger partial charge is 0.489 e. The topological polar surface area (TPSA) is 52.1 Å². The average molecular weight is 497 g/mol. The van der Waals surface area contributed by atoms with Crippen molar-refractivity contribution in [3.63, 3.8) is 0 Å². The monoisotopic (exact) mass is 497 g/mol. The maximum absolute atomic E-state index is 13.5. The highest BCUT2D eigenvalue weighted by Crippen LogP contribution is 2.17. The van der Waals surface area contributed by atoms with E-state index < -0.39 is 11.6 Å². The van der Waals surface area contributed by atoms with Crippen LogP contribution in [0, 0.1) is 11.6 Å². The van der Waals surface area contributed by atoms with E-state index in [1.54, 1.807) is 0 Å². The van der Waals surface area contributed by atoms with Gasteiger partial charge in [0, 0.05) is 38.3 Å². The Morgan fingerprint density at radius 3 is 2.74 bits per heavy atom. The number of piperazine rings is 1. The minimum Gasteiger partial charge on any atom is -0.489 e. The number of nitrogens with zero attached hydrogens (tertiary/aromatic N) is 3. The molecular weight excluding hydrogens is 467 g/mol. The predicted molar refractivity (Wildman–Crippen MR) is 115 cm³/mol. The van der Waals surface area contributed by atoms with Gasteiger partial charge in [-0.2, -0.15) is 0 Å². The van der Waals surface area contributed by atoms with E-state index in [0.717, 1.165) is 32.2 Å². The van der Waals surface area contributed by atoms with Gasteiger partial charge in [0.15, 0.2) is 17.5 Å². The maximum Gasteiger partial charge on any atom is 0.191 e. The molecule has 1 heterocycles. The molecule has 27 heavy (non-hydrogen) atoms. The average Bonchev–Trinajstić information content (AvgIpc) is 2.60. The number of aliphatic imine (C=N–C) groups is 1. The summed E-state index contributed by atoms with van der Waals surface area (Å²) in [7, 11) is 4.25. The molecule has 1 fully saturated rings. The fourth-order valence-electron chi connectivity index (χ4n) is 2.76. The second-order valence-corrected chi connectivity index (χ2v) is 6.47. The van der Waals surface area contributed by atoms with Crippen LogP contribution < -0.4 is 15.4 Å². The molecule has 0 aromatic heterocycles. The van der Waals surface area contributed by atoms with Crippen LogP contribution in [0.3, 0.4) is 0 Å². The van der Waals surface area contributed by atoms with Crippen molar-refractivity contribution in [2.45, 2.75) is 13.0 Å². The first kappa shape index (κ1) is 23.8. The summed E-state index contributed by atoms with van der Waals surface area (Å²) in [6, 6.07) is 3.66. The molecule has 1 saturated heterocycles. The summed E-state index contributed by atoms with van der Waals surface area (Å²) in [4.78, 5) is 9.28. The third kappa shape index (κ3) is 8.14. The Morgan fingerprint density at radius 1 is 1.26 bits per heavy atom. The van der Waals surface area contributed by atoms with Gasteiger partial charge >= 0.3 is 0 Å². The van der Waals surface area contributed by atoms with Crippen LogP contribution in [0.15, 0.2) is 23.2 Å². The highest BCUT2D eigenvalue weighted by Gasteiger charge is 2.21. The zero-order valence-electron chi connectivity index (χ0n) is 16.2. The molecule has 1 aliphatic rings.